The van der Waals surface area contributed by atoms with Crippen molar-refractivity contribution in [3.63, 3.8) is 0 Å². The SMILES string of the molecule is COC(=O)COc1c(Br)cc(/C=C2\C(=O)NC(=O)N(c3ccc4c(c3)OCO4)C2=O)cc1OC. The van der Waals surface area contributed by atoms with E-state index in [1.165, 1.54) is 38.5 Å². The molecule has 0 unspecified atom stereocenters. The molecule has 2 aliphatic rings. The molecule has 1 saturated heterocycles. The fourth-order valence-electron chi connectivity index (χ4n) is 3.24. The zero-order valence-corrected chi connectivity index (χ0v) is 19.5. The molecule has 2 aromatic rings. The number of ether oxygens (including phenoxy) is 5. The Morgan fingerprint density at radius 1 is 1.15 bits per heavy atom. The van der Waals surface area contributed by atoms with Gasteiger partial charge in [-0.2, -0.15) is 0 Å². The summed E-state index contributed by atoms with van der Waals surface area (Å²) in [7, 11) is 2.62. The number of halogens is 1. The maximum absolute atomic E-state index is 13.2. The maximum Gasteiger partial charge on any atom is 0.343 e. The first-order valence-corrected chi connectivity index (χ1v) is 10.5. The molecule has 2 aliphatic heterocycles. The third-order valence-electron chi connectivity index (χ3n) is 4.84. The molecule has 2 heterocycles. The van der Waals surface area contributed by atoms with Gasteiger partial charge in [-0.05, 0) is 51.8 Å². The van der Waals surface area contributed by atoms with Gasteiger partial charge in [-0.3, -0.25) is 14.9 Å². The number of carbonyl (C=O) groups excluding carboxylic acids is 4. The fraction of sp³-hybridized carbons (Fsp3) is 0.182. The zero-order chi connectivity index (χ0) is 24.4. The van der Waals surface area contributed by atoms with Crippen LogP contribution in [0.1, 0.15) is 5.56 Å². The molecular formula is C22H17BrN2O9. The Balaban J connectivity index is 1.67. The van der Waals surface area contributed by atoms with E-state index < -0.39 is 23.8 Å². The van der Waals surface area contributed by atoms with Crippen molar-refractivity contribution in [3.05, 3.63) is 45.9 Å². The lowest BCUT2D eigenvalue weighted by molar-refractivity contribution is -0.143. The second-order valence-corrected chi connectivity index (χ2v) is 7.75. The van der Waals surface area contributed by atoms with Crippen molar-refractivity contribution in [2.24, 2.45) is 0 Å². The summed E-state index contributed by atoms with van der Waals surface area (Å²) in [4.78, 5) is 50.3. The summed E-state index contributed by atoms with van der Waals surface area (Å²) in [5.74, 6) is -0.951. The lowest BCUT2D eigenvalue weighted by Gasteiger charge is -2.26. The first-order chi connectivity index (χ1) is 16.3. The average Bonchev–Trinajstić information content (AvgIpc) is 3.28. The predicted octanol–water partition coefficient (Wildman–Crippen LogP) is 2.40. The highest BCUT2D eigenvalue weighted by Gasteiger charge is 2.37. The number of carbonyl (C=O) groups is 4. The number of fused-ring (bicyclic) bond motifs is 1. The highest BCUT2D eigenvalue weighted by Crippen LogP contribution is 2.38. The van der Waals surface area contributed by atoms with Crippen LogP contribution >= 0.6 is 15.9 Å². The Kier molecular flexibility index (Phi) is 6.41. The van der Waals surface area contributed by atoms with Crippen LogP contribution < -0.4 is 29.2 Å². The van der Waals surface area contributed by atoms with Gasteiger partial charge in [-0.1, -0.05) is 0 Å². The normalized spacial score (nSPS) is 15.9. The molecule has 11 nitrogen and oxygen atoms in total. The van der Waals surface area contributed by atoms with Gasteiger partial charge in [0.1, 0.15) is 5.57 Å². The number of hydrogen-bond donors (Lipinski definition) is 1. The number of methoxy groups -OCH3 is 2. The molecule has 0 radical (unpaired) electrons. The average molecular weight is 533 g/mol. The second-order valence-electron chi connectivity index (χ2n) is 6.89. The Hall–Kier alpha value is -4.06. The van der Waals surface area contributed by atoms with Crippen LogP contribution in [-0.2, 0) is 19.1 Å². The number of nitrogens with one attached hydrogen (secondary N) is 1. The van der Waals surface area contributed by atoms with Gasteiger partial charge in [0.05, 0.1) is 24.4 Å². The van der Waals surface area contributed by atoms with Crippen LogP contribution in [0.15, 0.2) is 40.4 Å². The third kappa shape index (κ3) is 4.39. The van der Waals surface area contributed by atoms with Crippen LogP contribution in [0.25, 0.3) is 6.08 Å². The molecule has 12 heteroatoms. The number of barbiturate groups is 1. The number of amides is 4. The van der Waals surface area contributed by atoms with Crippen LogP contribution in [-0.4, -0.2) is 51.4 Å². The summed E-state index contributed by atoms with van der Waals surface area (Å²) in [5.41, 5.74) is 0.317. The molecule has 0 aliphatic carbocycles. The number of imide groups is 2. The van der Waals surface area contributed by atoms with Crippen molar-refractivity contribution in [1.82, 2.24) is 5.32 Å². The summed E-state index contributed by atoms with van der Waals surface area (Å²) in [6.45, 7) is -0.321. The summed E-state index contributed by atoms with van der Waals surface area (Å²) < 4.78 is 26.3. The standard InChI is InChI=1S/C22H17BrN2O9/c1-30-17-7-11(6-14(23)19(17)32-9-18(26)31-2)5-13-20(27)24-22(29)25(21(13)28)12-3-4-15-16(8-12)34-10-33-15/h3-8H,9-10H2,1-2H3,(H,24,27,29)/b13-5+. The van der Waals surface area contributed by atoms with Crippen LogP contribution in [0.2, 0.25) is 0 Å². The van der Waals surface area contributed by atoms with Crippen LogP contribution in [0.4, 0.5) is 10.5 Å². The van der Waals surface area contributed by atoms with E-state index >= 15 is 0 Å². The second kappa shape index (κ2) is 9.43. The molecule has 0 saturated carbocycles. The number of urea groups is 1. The molecule has 1 N–H and O–H groups in total. The van der Waals surface area contributed by atoms with E-state index in [1.54, 1.807) is 12.1 Å². The fourth-order valence-corrected chi connectivity index (χ4v) is 3.81. The quantitative estimate of drug-likeness (QED) is 0.338. The van der Waals surface area contributed by atoms with Crippen molar-refractivity contribution in [2.75, 3.05) is 32.5 Å². The Labute approximate surface area is 201 Å². The molecule has 4 amide bonds. The summed E-state index contributed by atoms with van der Waals surface area (Å²) in [5, 5.41) is 2.16. The van der Waals surface area contributed by atoms with Gasteiger partial charge in [0.25, 0.3) is 11.8 Å². The van der Waals surface area contributed by atoms with Crippen molar-refractivity contribution in [1.29, 1.82) is 0 Å². The first-order valence-electron chi connectivity index (χ1n) is 9.70. The van der Waals surface area contributed by atoms with Crippen LogP contribution in [0, 0.1) is 0 Å². The zero-order valence-electron chi connectivity index (χ0n) is 17.9. The summed E-state index contributed by atoms with van der Waals surface area (Å²) >= 11 is 3.33. The van der Waals surface area contributed by atoms with Gasteiger partial charge >= 0.3 is 12.0 Å². The molecule has 0 atom stereocenters. The van der Waals surface area contributed by atoms with E-state index in [0.717, 1.165) is 4.90 Å². The molecule has 34 heavy (non-hydrogen) atoms. The highest BCUT2D eigenvalue weighted by molar-refractivity contribution is 9.10. The van der Waals surface area contributed by atoms with E-state index in [9.17, 15) is 19.2 Å². The van der Waals surface area contributed by atoms with Crippen LogP contribution in [0.5, 0.6) is 23.0 Å². The van der Waals surface area contributed by atoms with Crippen molar-refractivity contribution >= 4 is 51.5 Å². The number of hydrogen-bond acceptors (Lipinski definition) is 9. The van der Waals surface area contributed by atoms with Crippen molar-refractivity contribution in [3.8, 4) is 23.0 Å². The number of rotatable bonds is 6. The smallest absolute Gasteiger partial charge is 0.343 e. The van der Waals surface area contributed by atoms with Gasteiger partial charge in [0, 0.05) is 6.07 Å². The molecule has 0 spiro atoms. The summed E-state index contributed by atoms with van der Waals surface area (Å²) in [6, 6.07) is 6.71. The third-order valence-corrected chi connectivity index (χ3v) is 5.43. The Morgan fingerprint density at radius 3 is 2.65 bits per heavy atom. The number of nitrogens with zero attached hydrogens (tertiary/aromatic N) is 1. The minimum absolute atomic E-state index is 0.0264. The van der Waals surface area contributed by atoms with Gasteiger partial charge < -0.3 is 23.7 Å². The van der Waals surface area contributed by atoms with E-state index in [-0.39, 0.29) is 36.2 Å². The first kappa shape index (κ1) is 23.1. The lowest BCUT2D eigenvalue weighted by atomic mass is 10.1. The number of benzene rings is 2. The molecule has 0 aromatic heterocycles. The molecule has 4 rings (SSSR count). The molecular weight excluding hydrogens is 516 g/mol. The van der Waals surface area contributed by atoms with Gasteiger partial charge in [-0.15, -0.1) is 0 Å². The monoisotopic (exact) mass is 532 g/mol. The van der Waals surface area contributed by atoms with Gasteiger partial charge in [-0.25, -0.2) is 14.5 Å². The highest BCUT2D eigenvalue weighted by atomic mass is 79.9. The Bertz CT molecular complexity index is 1240. The molecule has 2 aromatic carbocycles. The minimum atomic E-state index is -0.892. The lowest BCUT2D eigenvalue weighted by Crippen LogP contribution is -2.54. The predicted molar refractivity (Wildman–Crippen MR) is 120 cm³/mol. The maximum atomic E-state index is 13.2. The number of anilines is 1. The minimum Gasteiger partial charge on any atom is -0.493 e. The molecule has 1 fully saturated rings. The van der Waals surface area contributed by atoms with E-state index in [0.29, 0.717) is 21.5 Å². The topological polar surface area (TPSA) is 130 Å². The Morgan fingerprint density at radius 2 is 1.91 bits per heavy atom. The van der Waals surface area contributed by atoms with Crippen molar-refractivity contribution in [2.45, 2.75) is 0 Å². The van der Waals surface area contributed by atoms with Crippen LogP contribution in [0.3, 0.4) is 0 Å². The van der Waals surface area contributed by atoms with Gasteiger partial charge in [0.15, 0.2) is 29.6 Å². The van der Waals surface area contributed by atoms with E-state index in [1.807, 2.05) is 0 Å². The number of esters is 1. The largest absolute Gasteiger partial charge is 0.493 e. The van der Waals surface area contributed by atoms with Crippen molar-refractivity contribution < 1.29 is 42.9 Å². The molecule has 176 valence electrons. The van der Waals surface area contributed by atoms with E-state index in [4.69, 9.17) is 18.9 Å². The van der Waals surface area contributed by atoms with E-state index in [2.05, 4.69) is 26.0 Å². The molecule has 0 bridgehead atoms. The van der Waals surface area contributed by atoms with Gasteiger partial charge in [0.2, 0.25) is 6.79 Å². The summed E-state index contributed by atoms with van der Waals surface area (Å²) in [6.07, 6.45) is 1.31.